The second-order valence-electron chi connectivity index (χ2n) is 9.90. The van der Waals surface area contributed by atoms with Gasteiger partial charge < -0.3 is 15.2 Å². The summed E-state index contributed by atoms with van der Waals surface area (Å²) in [5.74, 6) is -0.130. The Morgan fingerprint density at radius 3 is 2.44 bits per heavy atom. The van der Waals surface area contributed by atoms with Gasteiger partial charge in [-0.2, -0.15) is 5.26 Å². The van der Waals surface area contributed by atoms with Gasteiger partial charge in [0.2, 0.25) is 0 Å². The van der Waals surface area contributed by atoms with Gasteiger partial charge in [0.1, 0.15) is 17.3 Å². The number of hydrogen-bond acceptors (Lipinski definition) is 7. The van der Waals surface area contributed by atoms with E-state index in [1.165, 1.54) is 12.1 Å². The molecule has 0 spiro atoms. The third-order valence-electron chi connectivity index (χ3n) is 6.66. The van der Waals surface area contributed by atoms with Crippen molar-refractivity contribution in [3.05, 3.63) is 81.8 Å². The first kappa shape index (κ1) is 24.9. The van der Waals surface area contributed by atoms with Crippen LogP contribution in [0.25, 0.3) is 0 Å². The van der Waals surface area contributed by atoms with Crippen LogP contribution < -0.4 is 20.6 Å². The number of ether oxygens (including phenoxy) is 2. The lowest BCUT2D eigenvalue weighted by Gasteiger charge is -2.43. The number of carbonyl (C=O) groups is 2. The van der Waals surface area contributed by atoms with Crippen LogP contribution in [-0.4, -0.2) is 30.9 Å². The normalized spacial score (nSPS) is 18.9. The Kier molecular flexibility index (Phi) is 6.51. The SMILES string of the molecule is COc1ccc(OC)c(C2C(C#N)=C(N)N(NC(=O)c3ccc(C)cc3)C3=C2C(=O)CC(C)(C)C3)c1. The van der Waals surface area contributed by atoms with Crippen LogP contribution in [0.5, 0.6) is 11.5 Å². The number of nitriles is 1. The lowest BCUT2D eigenvalue weighted by atomic mass is 9.69. The molecule has 0 fully saturated rings. The van der Waals surface area contributed by atoms with Crippen molar-refractivity contribution in [3.63, 3.8) is 0 Å². The van der Waals surface area contributed by atoms with E-state index in [1.54, 1.807) is 37.4 Å². The highest BCUT2D eigenvalue weighted by molar-refractivity contribution is 6.01. The molecule has 0 saturated heterocycles. The minimum atomic E-state index is -0.758. The number of nitrogens with zero attached hydrogens (tertiary/aromatic N) is 2. The smallest absolute Gasteiger partial charge is 0.270 e. The predicted octanol–water partition coefficient (Wildman–Crippen LogP) is 4.09. The molecule has 2 aliphatic rings. The van der Waals surface area contributed by atoms with Gasteiger partial charge in [0.15, 0.2) is 5.78 Å². The molecule has 186 valence electrons. The summed E-state index contributed by atoms with van der Waals surface area (Å²) in [6.45, 7) is 5.93. The van der Waals surface area contributed by atoms with Gasteiger partial charge in [0.25, 0.3) is 5.91 Å². The summed E-state index contributed by atoms with van der Waals surface area (Å²) in [6, 6.07) is 14.6. The lowest BCUT2D eigenvalue weighted by molar-refractivity contribution is -0.118. The second kappa shape index (κ2) is 9.42. The van der Waals surface area contributed by atoms with Crippen molar-refractivity contribution in [3.8, 4) is 17.6 Å². The van der Waals surface area contributed by atoms with Crippen LogP contribution in [0.3, 0.4) is 0 Å². The minimum absolute atomic E-state index is 0.0667. The van der Waals surface area contributed by atoms with Gasteiger partial charge in [0.05, 0.1) is 37.5 Å². The molecule has 3 N–H and O–H groups in total. The van der Waals surface area contributed by atoms with Gasteiger partial charge in [-0.25, -0.2) is 5.01 Å². The number of nitrogens with two attached hydrogens (primary N) is 1. The third kappa shape index (κ3) is 4.40. The van der Waals surface area contributed by atoms with E-state index in [0.717, 1.165) is 5.56 Å². The summed E-state index contributed by atoms with van der Waals surface area (Å²) in [5, 5.41) is 11.6. The average Bonchev–Trinajstić information content (AvgIpc) is 2.84. The van der Waals surface area contributed by atoms with E-state index in [4.69, 9.17) is 15.2 Å². The van der Waals surface area contributed by atoms with Crippen LogP contribution in [0, 0.1) is 23.7 Å². The van der Waals surface area contributed by atoms with Crippen LogP contribution in [0.1, 0.15) is 54.1 Å². The van der Waals surface area contributed by atoms with Crippen molar-refractivity contribution in [2.75, 3.05) is 14.2 Å². The Bertz CT molecular complexity index is 1330. The molecule has 1 aliphatic heterocycles. The van der Waals surface area contributed by atoms with Crippen molar-refractivity contribution in [1.82, 2.24) is 10.4 Å². The van der Waals surface area contributed by atoms with E-state index < -0.39 is 11.8 Å². The quantitative estimate of drug-likeness (QED) is 0.653. The number of ketones is 1. The van der Waals surface area contributed by atoms with E-state index in [-0.39, 0.29) is 22.6 Å². The van der Waals surface area contributed by atoms with Crippen LogP contribution in [-0.2, 0) is 4.79 Å². The maximum Gasteiger partial charge on any atom is 0.270 e. The van der Waals surface area contributed by atoms with Crippen LogP contribution in [0.15, 0.2) is 65.1 Å². The Morgan fingerprint density at radius 2 is 1.83 bits per heavy atom. The molecule has 2 aromatic carbocycles. The molecular formula is C28H30N4O4. The predicted molar refractivity (Wildman–Crippen MR) is 135 cm³/mol. The monoisotopic (exact) mass is 486 g/mol. The highest BCUT2D eigenvalue weighted by Crippen LogP contribution is 2.50. The van der Waals surface area contributed by atoms with E-state index in [9.17, 15) is 14.9 Å². The van der Waals surface area contributed by atoms with Gasteiger partial charge >= 0.3 is 0 Å². The standard InChI is InChI=1S/C28H30N4O4/c1-16-6-8-17(9-7-16)27(34)31-32-21-13-28(2,3)14-22(33)25(21)24(20(15-29)26(32)30)19-12-18(35-4)10-11-23(19)36-5/h6-12,24H,13-14,30H2,1-5H3,(H,31,34). The van der Waals surface area contributed by atoms with Gasteiger partial charge in [0, 0.05) is 23.1 Å². The molecule has 8 nitrogen and oxygen atoms in total. The summed E-state index contributed by atoms with van der Waals surface area (Å²) in [7, 11) is 3.08. The summed E-state index contributed by atoms with van der Waals surface area (Å²) in [6.07, 6.45) is 0.775. The first-order chi connectivity index (χ1) is 17.1. The average molecular weight is 487 g/mol. The maximum absolute atomic E-state index is 13.6. The molecule has 4 rings (SSSR count). The van der Waals surface area contributed by atoms with Crippen LogP contribution in [0.4, 0.5) is 0 Å². The number of methoxy groups -OCH3 is 2. The third-order valence-corrected chi connectivity index (χ3v) is 6.66. The van der Waals surface area contributed by atoms with Crippen molar-refractivity contribution >= 4 is 11.7 Å². The van der Waals surface area contributed by atoms with Crippen molar-refractivity contribution < 1.29 is 19.1 Å². The number of allylic oxidation sites excluding steroid dienone is 3. The number of rotatable bonds is 5. The molecular weight excluding hydrogens is 456 g/mol. The molecule has 0 aromatic heterocycles. The number of hydrazine groups is 1. The number of amides is 1. The summed E-state index contributed by atoms with van der Waals surface area (Å²) < 4.78 is 11.0. The second-order valence-corrected chi connectivity index (χ2v) is 9.90. The minimum Gasteiger partial charge on any atom is -0.497 e. The zero-order chi connectivity index (χ0) is 26.2. The zero-order valence-corrected chi connectivity index (χ0v) is 21.1. The molecule has 1 amide bonds. The molecule has 0 saturated carbocycles. The zero-order valence-electron chi connectivity index (χ0n) is 21.1. The van der Waals surface area contributed by atoms with E-state index >= 15 is 0 Å². The van der Waals surface area contributed by atoms with Gasteiger partial charge in [-0.1, -0.05) is 31.5 Å². The fourth-order valence-corrected chi connectivity index (χ4v) is 4.88. The molecule has 1 unspecified atom stereocenters. The molecule has 8 heteroatoms. The van der Waals surface area contributed by atoms with Crippen molar-refractivity contribution in [1.29, 1.82) is 5.26 Å². The fourth-order valence-electron chi connectivity index (χ4n) is 4.88. The molecule has 2 aromatic rings. The summed E-state index contributed by atoms with van der Waals surface area (Å²) in [4.78, 5) is 26.8. The maximum atomic E-state index is 13.6. The number of benzene rings is 2. The fraction of sp³-hybridized carbons (Fsp3) is 0.321. The Labute approximate surface area is 210 Å². The molecule has 0 bridgehead atoms. The van der Waals surface area contributed by atoms with E-state index in [2.05, 4.69) is 11.5 Å². The Hall–Kier alpha value is -4.25. The van der Waals surface area contributed by atoms with Gasteiger partial charge in [-0.15, -0.1) is 0 Å². The lowest BCUT2D eigenvalue weighted by Crippen LogP contribution is -2.49. The topological polar surface area (TPSA) is 118 Å². The van der Waals surface area contributed by atoms with Crippen molar-refractivity contribution in [2.24, 2.45) is 11.1 Å². The first-order valence-corrected chi connectivity index (χ1v) is 11.7. The summed E-state index contributed by atoms with van der Waals surface area (Å²) in [5.41, 5.74) is 12.3. The van der Waals surface area contributed by atoms with Gasteiger partial charge in [-0.05, 0) is 49.1 Å². The molecule has 1 heterocycles. The Morgan fingerprint density at radius 1 is 1.14 bits per heavy atom. The largest absolute Gasteiger partial charge is 0.497 e. The van der Waals surface area contributed by atoms with E-state index in [1.807, 2.05) is 32.9 Å². The highest BCUT2D eigenvalue weighted by atomic mass is 16.5. The van der Waals surface area contributed by atoms with E-state index in [0.29, 0.717) is 46.7 Å². The number of hydrogen-bond donors (Lipinski definition) is 2. The molecule has 36 heavy (non-hydrogen) atoms. The molecule has 1 aliphatic carbocycles. The number of nitrogens with one attached hydrogen (secondary N) is 1. The molecule has 0 radical (unpaired) electrons. The molecule has 1 atom stereocenters. The van der Waals surface area contributed by atoms with Gasteiger partial charge in [-0.3, -0.25) is 15.0 Å². The number of aryl methyl sites for hydroxylation is 1. The Balaban J connectivity index is 1.90. The summed E-state index contributed by atoms with van der Waals surface area (Å²) >= 11 is 0. The van der Waals surface area contributed by atoms with Crippen LogP contribution >= 0.6 is 0 Å². The van der Waals surface area contributed by atoms with Crippen molar-refractivity contribution in [2.45, 2.75) is 39.5 Å². The highest BCUT2D eigenvalue weighted by Gasteiger charge is 2.45. The first-order valence-electron chi connectivity index (χ1n) is 11.7. The van der Waals surface area contributed by atoms with Crippen LogP contribution in [0.2, 0.25) is 0 Å². The number of carbonyl (C=O) groups excluding carboxylic acids is 2. The number of Topliss-reactive ketones (excluding diaryl/α,β-unsaturated/α-hetero) is 1.